The lowest BCUT2D eigenvalue weighted by Gasteiger charge is -2.31. The van der Waals surface area contributed by atoms with E-state index in [9.17, 15) is 0 Å². The molecular formula is C13H23N5. The molecule has 2 unspecified atom stereocenters. The van der Waals surface area contributed by atoms with Gasteiger partial charge in [-0.05, 0) is 32.9 Å². The first kappa shape index (κ1) is 12.1. The highest BCUT2D eigenvalue weighted by Crippen LogP contribution is 2.19. The van der Waals surface area contributed by atoms with E-state index in [0.717, 1.165) is 37.5 Å². The lowest BCUT2D eigenvalue weighted by atomic mass is 10.00. The third-order valence-corrected chi connectivity index (χ3v) is 4.29. The highest BCUT2D eigenvalue weighted by molar-refractivity contribution is 5.00. The van der Waals surface area contributed by atoms with E-state index < -0.39 is 0 Å². The number of piperidine rings is 1. The molecule has 5 nitrogen and oxygen atoms in total. The monoisotopic (exact) mass is 249 g/mol. The summed E-state index contributed by atoms with van der Waals surface area (Å²) in [5, 5.41) is 4.64. The highest BCUT2D eigenvalue weighted by atomic mass is 15.4. The highest BCUT2D eigenvalue weighted by Gasteiger charge is 2.23. The van der Waals surface area contributed by atoms with Crippen LogP contribution in [0.15, 0.2) is 0 Å². The van der Waals surface area contributed by atoms with Crippen LogP contribution in [0.1, 0.15) is 37.3 Å². The first-order chi connectivity index (χ1) is 8.72. The van der Waals surface area contributed by atoms with E-state index in [1.807, 2.05) is 0 Å². The molecule has 0 saturated carbocycles. The van der Waals surface area contributed by atoms with Gasteiger partial charge < -0.3 is 10.6 Å². The van der Waals surface area contributed by atoms with Gasteiger partial charge in [0.15, 0.2) is 5.82 Å². The largest absolute Gasteiger partial charge is 0.327 e. The Bertz CT molecular complexity index is 414. The van der Waals surface area contributed by atoms with Gasteiger partial charge in [-0.15, -0.1) is 0 Å². The molecule has 1 saturated heterocycles. The predicted octanol–water partition coefficient (Wildman–Crippen LogP) is 0.578. The number of hydrogen-bond donors (Lipinski definition) is 1. The molecule has 1 aromatic heterocycles. The predicted molar refractivity (Wildman–Crippen MR) is 70.3 cm³/mol. The van der Waals surface area contributed by atoms with Gasteiger partial charge >= 0.3 is 0 Å². The van der Waals surface area contributed by atoms with Gasteiger partial charge in [-0.2, -0.15) is 5.10 Å². The van der Waals surface area contributed by atoms with Crippen LogP contribution >= 0.6 is 0 Å². The maximum atomic E-state index is 5.98. The molecule has 2 atom stereocenters. The number of nitrogens with zero attached hydrogens (tertiary/aromatic N) is 4. The third kappa shape index (κ3) is 2.42. The summed E-state index contributed by atoms with van der Waals surface area (Å²) < 4.78 is 2.06. The van der Waals surface area contributed by atoms with Crippen molar-refractivity contribution in [2.24, 2.45) is 5.73 Å². The SMILES string of the molecule is CN1CCCCC1Cc1nc2n(n1)CCC(N)C2. The van der Waals surface area contributed by atoms with Crippen molar-refractivity contribution in [1.29, 1.82) is 0 Å². The Morgan fingerprint density at radius 2 is 2.17 bits per heavy atom. The number of aryl methyl sites for hydroxylation is 1. The van der Waals surface area contributed by atoms with Crippen LogP contribution < -0.4 is 5.73 Å². The van der Waals surface area contributed by atoms with Gasteiger partial charge in [-0.25, -0.2) is 9.67 Å². The first-order valence-corrected chi connectivity index (χ1v) is 7.11. The lowest BCUT2D eigenvalue weighted by Crippen LogP contribution is -2.37. The third-order valence-electron chi connectivity index (χ3n) is 4.29. The van der Waals surface area contributed by atoms with Crippen molar-refractivity contribution in [2.75, 3.05) is 13.6 Å². The van der Waals surface area contributed by atoms with Crippen molar-refractivity contribution < 1.29 is 0 Å². The van der Waals surface area contributed by atoms with Crippen LogP contribution in [0.3, 0.4) is 0 Å². The molecule has 3 rings (SSSR count). The molecule has 1 fully saturated rings. The molecule has 2 N–H and O–H groups in total. The molecule has 18 heavy (non-hydrogen) atoms. The topological polar surface area (TPSA) is 60.0 Å². The van der Waals surface area contributed by atoms with Crippen molar-refractivity contribution >= 4 is 0 Å². The van der Waals surface area contributed by atoms with E-state index in [1.54, 1.807) is 0 Å². The fourth-order valence-corrected chi connectivity index (χ4v) is 3.08. The number of nitrogens with two attached hydrogens (primary N) is 1. The van der Waals surface area contributed by atoms with Gasteiger partial charge in [0, 0.05) is 31.5 Å². The molecule has 0 spiro atoms. The zero-order chi connectivity index (χ0) is 12.5. The summed E-state index contributed by atoms with van der Waals surface area (Å²) in [5.74, 6) is 2.10. The Kier molecular flexibility index (Phi) is 3.35. The smallest absolute Gasteiger partial charge is 0.152 e. The molecule has 3 heterocycles. The van der Waals surface area contributed by atoms with Gasteiger partial charge in [0.2, 0.25) is 0 Å². The maximum Gasteiger partial charge on any atom is 0.152 e. The minimum Gasteiger partial charge on any atom is -0.327 e. The fourth-order valence-electron chi connectivity index (χ4n) is 3.08. The van der Waals surface area contributed by atoms with E-state index in [-0.39, 0.29) is 6.04 Å². The lowest BCUT2D eigenvalue weighted by molar-refractivity contribution is 0.182. The molecule has 2 aliphatic heterocycles. The molecular weight excluding hydrogens is 226 g/mol. The van der Waals surface area contributed by atoms with Crippen LogP contribution in [-0.2, 0) is 19.4 Å². The Balaban J connectivity index is 1.69. The summed E-state index contributed by atoms with van der Waals surface area (Å²) in [5.41, 5.74) is 5.98. The zero-order valence-electron chi connectivity index (χ0n) is 11.2. The summed E-state index contributed by atoms with van der Waals surface area (Å²) in [6.07, 6.45) is 6.85. The van der Waals surface area contributed by atoms with Gasteiger partial charge in [0.05, 0.1) is 0 Å². The van der Waals surface area contributed by atoms with Crippen LogP contribution in [0.25, 0.3) is 0 Å². The van der Waals surface area contributed by atoms with Crippen molar-refractivity contribution in [3.63, 3.8) is 0 Å². The van der Waals surface area contributed by atoms with Crippen LogP contribution in [0.5, 0.6) is 0 Å². The second-order valence-corrected chi connectivity index (χ2v) is 5.75. The van der Waals surface area contributed by atoms with E-state index in [4.69, 9.17) is 5.73 Å². The van der Waals surface area contributed by atoms with Gasteiger partial charge in [0.25, 0.3) is 0 Å². The molecule has 100 valence electrons. The molecule has 5 heteroatoms. The van der Waals surface area contributed by atoms with Crippen molar-refractivity contribution in [2.45, 2.75) is 57.2 Å². The summed E-state index contributed by atoms with van der Waals surface area (Å²) in [4.78, 5) is 7.13. The standard InChI is InChI=1S/C13H23N5/c1-17-6-3-2-4-11(17)9-12-15-13-8-10(14)5-7-18(13)16-12/h10-11H,2-9,14H2,1H3. The van der Waals surface area contributed by atoms with Gasteiger partial charge in [-0.1, -0.05) is 6.42 Å². The maximum absolute atomic E-state index is 5.98. The average molecular weight is 249 g/mol. The summed E-state index contributed by atoms with van der Waals surface area (Å²) in [7, 11) is 2.22. The number of fused-ring (bicyclic) bond motifs is 1. The summed E-state index contributed by atoms with van der Waals surface area (Å²) in [6.45, 7) is 2.15. The molecule has 2 aliphatic rings. The minimum atomic E-state index is 0.270. The Morgan fingerprint density at radius 1 is 1.28 bits per heavy atom. The quantitative estimate of drug-likeness (QED) is 0.833. The zero-order valence-corrected chi connectivity index (χ0v) is 11.2. The number of aromatic nitrogens is 3. The van der Waals surface area contributed by atoms with Crippen LogP contribution in [0.2, 0.25) is 0 Å². The normalized spacial score (nSPS) is 29.2. The second kappa shape index (κ2) is 4.97. The molecule has 0 amide bonds. The molecule has 0 aromatic carbocycles. The van der Waals surface area contributed by atoms with Crippen molar-refractivity contribution in [3.05, 3.63) is 11.6 Å². The van der Waals surface area contributed by atoms with Crippen LogP contribution in [-0.4, -0.2) is 45.3 Å². The second-order valence-electron chi connectivity index (χ2n) is 5.75. The van der Waals surface area contributed by atoms with Crippen molar-refractivity contribution in [3.8, 4) is 0 Å². The summed E-state index contributed by atoms with van der Waals surface area (Å²) >= 11 is 0. The molecule has 0 radical (unpaired) electrons. The Morgan fingerprint density at radius 3 is 3.00 bits per heavy atom. The van der Waals surface area contributed by atoms with Crippen LogP contribution in [0, 0.1) is 0 Å². The Hall–Kier alpha value is -0.940. The minimum absolute atomic E-state index is 0.270. The van der Waals surface area contributed by atoms with Gasteiger partial charge in [0.1, 0.15) is 5.82 Å². The first-order valence-electron chi connectivity index (χ1n) is 7.11. The summed E-state index contributed by atoms with van der Waals surface area (Å²) in [6, 6.07) is 0.892. The Labute approximate surface area is 108 Å². The van der Waals surface area contributed by atoms with E-state index in [0.29, 0.717) is 6.04 Å². The number of likely N-dealkylation sites (tertiary alicyclic amines) is 1. The van der Waals surface area contributed by atoms with Crippen LogP contribution in [0.4, 0.5) is 0 Å². The molecule has 1 aromatic rings. The number of hydrogen-bond acceptors (Lipinski definition) is 4. The van der Waals surface area contributed by atoms with E-state index in [2.05, 4.69) is 26.7 Å². The van der Waals surface area contributed by atoms with Gasteiger partial charge in [-0.3, -0.25) is 0 Å². The molecule has 0 bridgehead atoms. The van der Waals surface area contributed by atoms with E-state index in [1.165, 1.54) is 25.8 Å². The number of rotatable bonds is 2. The number of likely N-dealkylation sites (N-methyl/N-ethyl adjacent to an activating group) is 1. The fraction of sp³-hybridized carbons (Fsp3) is 0.846. The molecule has 0 aliphatic carbocycles. The van der Waals surface area contributed by atoms with Crippen molar-refractivity contribution in [1.82, 2.24) is 19.7 Å². The van der Waals surface area contributed by atoms with E-state index >= 15 is 0 Å². The average Bonchev–Trinajstić information content (AvgIpc) is 2.73.